The number of benzene rings is 1. The van der Waals surface area contributed by atoms with Crippen LogP contribution in [0, 0.1) is 11.3 Å². The van der Waals surface area contributed by atoms with Gasteiger partial charge in [-0.15, -0.1) is 0 Å². The van der Waals surface area contributed by atoms with E-state index >= 15 is 0 Å². The second-order valence-corrected chi connectivity index (χ2v) is 7.07. The van der Waals surface area contributed by atoms with E-state index in [0.29, 0.717) is 10.3 Å². The molecule has 2 rings (SSSR count). The molecule has 1 aliphatic rings. The molecule has 1 heterocycles. The number of hydrogen-bond acceptors (Lipinski definition) is 3. The van der Waals surface area contributed by atoms with Gasteiger partial charge >= 0.3 is 0 Å². The van der Waals surface area contributed by atoms with E-state index in [0.717, 1.165) is 16.7 Å². The van der Waals surface area contributed by atoms with Crippen molar-refractivity contribution >= 4 is 33.4 Å². The number of halogens is 1. The summed E-state index contributed by atoms with van der Waals surface area (Å²) >= 11 is 5.43. The third-order valence-electron chi connectivity index (χ3n) is 3.08. The van der Waals surface area contributed by atoms with Crippen molar-refractivity contribution in [1.29, 1.82) is 5.26 Å². The van der Waals surface area contributed by atoms with Gasteiger partial charge in [0.1, 0.15) is 6.07 Å². The Balaban J connectivity index is 2.09. The lowest BCUT2D eigenvalue weighted by atomic mass is 10.1. The lowest BCUT2D eigenvalue weighted by Gasteiger charge is -2.24. The Morgan fingerprint density at radius 1 is 1.59 bits per heavy atom. The zero-order valence-corrected chi connectivity index (χ0v) is 12.2. The van der Waals surface area contributed by atoms with Gasteiger partial charge in [0.2, 0.25) is 0 Å². The zero-order chi connectivity index (χ0) is 12.3. The molecule has 1 unspecified atom stereocenters. The van der Waals surface area contributed by atoms with Crippen molar-refractivity contribution in [2.24, 2.45) is 0 Å². The Morgan fingerprint density at radius 2 is 2.41 bits per heavy atom. The van der Waals surface area contributed by atoms with E-state index in [4.69, 9.17) is 5.26 Å². The maximum atomic E-state index is 9.13. The highest BCUT2D eigenvalue weighted by atomic mass is 79.9. The molecule has 0 saturated carbocycles. The summed E-state index contributed by atoms with van der Waals surface area (Å²) in [6.45, 7) is 3.21. The number of nitrogens with one attached hydrogen (secondary N) is 1. The first-order chi connectivity index (χ1) is 8.14. The number of nitrogens with zero attached hydrogens (tertiary/aromatic N) is 1. The average molecular weight is 311 g/mol. The van der Waals surface area contributed by atoms with Crippen molar-refractivity contribution in [3.63, 3.8) is 0 Å². The molecule has 17 heavy (non-hydrogen) atoms. The van der Waals surface area contributed by atoms with E-state index in [1.54, 1.807) is 0 Å². The lowest BCUT2D eigenvalue weighted by molar-refractivity contribution is 0.635. The van der Waals surface area contributed by atoms with Crippen LogP contribution in [0.5, 0.6) is 0 Å². The van der Waals surface area contributed by atoms with Crippen molar-refractivity contribution in [2.75, 3.05) is 17.6 Å². The van der Waals surface area contributed by atoms with Crippen LogP contribution in [0.2, 0.25) is 0 Å². The van der Waals surface area contributed by atoms with Crippen molar-refractivity contribution in [2.45, 2.75) is 24.5 Å². The summed E-state index contributed by atoms with van der Waals surface area (Å²) < 4.78 is 1.17. The number of thioether (sulfide) groups is 1. The van der Waals surface area contributed by atoms with E-state index in [1.807, 2.05) is 30.0 Å². The largest absolute Gasteiger partial charge is 0.383 e. The highest BCUT2D eigenvalue weighted by Gasteiger charge is 2.29. The first-order valence-electron chi connectivity index (χ1n) is 5.71. The molecule has 90 valence electrons. The molecular weight excluding hydrogens is 296 g/mol. The molecule has 2 nitrogen and oxygen atoms in total. The predicted octanol–water partition coefficient (Wildman–Crippen LogP) is 4.02. The van der Waals surface area contributed by atoms with Crippen LogP contribution in [0.1, 0.15) is 25.3 Å². The first kappa shape index (κ1) is 12.8. The van der Waals surface area contributed by atoms with Crippen LogP contribution in [0.4, 0.5) is 5.69 Å². The topological polar surface area (TPSA) is 35.8 Å². The van der Waals surface area contributed by atoms with Crippen molar-refractivity contribution in [3.8, 4) is 6.07 Å². The fourth-order valence-corrected chi connectivity index (χ4v) is 3.74. The molecule has 0 amide bonds. The maximum Gasteiger partial charge on any atom is 0.103 e. The molecule has 1 N–H and O–H groups in total. The standard InChI is InChI=1S/C13H15BrN2S/c1-13(6-3-7-17-13)9-16-12-5-2-4-11(14)10(12)8-15/h2,4-5,16H,3,6-7,9H2,1H3. The molecule has 4 heteroatoms. The van der Waals surface area contributed by atoms with Crippen LogP contribution < -0.4 is 5.32 Å². The minimum atomic E-state index is 0.315. The summed E-state index contributed by atoms with van der Waals surface area (Å²) in [5, 5.41) is 12.5. The Labute approximate surface area is 115 Å². The van der Waals surface area contributed by atoms with Gasteiger partial charge in [-0.05, 0) is 53.6 Å². The summed E-state index contributed by atoms with van der Waals surface area (Å²) in [4.78, 5) is 0. The van der Waals surface area contributed by atoms with Gasteiger partial charge in [-0.25, -0.2) is 0 Å². The summed E-state index contributed by atoms with van der Waals surface area (Å²) in [6, 6.07) is 8.05. The van der Waals surface area contributed by atoms with E-state index in [-0.39, 0.29) is 0 Å². The second-order valence-electron chi connectivity index (χ2n) is 4.53. The molecule has 1 atom stereocenters. The summed E-state index contributed by atoms with van der Waals surface area (Å²) in [5.41, 5.74) is 1.62. The van der Waals surface area contributed by atoms with Crippen molar-refractivity contribution in [3.05, 3.63) is 28.2 Å². The van der Waals surface area contributed by atoms with Gasteiger partial charge < -0.3 is 5.32 Å². The van der Waals surface area contributed by atoms with Crippen LogP contribution in [0.25, 0.3) is 0 Å². The third kappa shape index (κ3) is 2.97. The van der Waals surface area contributed by atoms with Gasteiger partial charge in [0.15, 0.2) is 0 Å². The average Bonchev–Trinajstić information content (AvgIpc) is 2.74. The van der Waals surface area contributed by atoms with Gasteiger partial charge in [0, 0.05) is 15.8 Å². The normalized spacial score (nSPS) is 23.4. The smallest absolute Gasteiger partial charge is 0.103 e. The Bertz CT molecular complexity index is 447. The van der Waals surface area contributed by atoms with Crippen LogP contribution in [-0.4, -0.2) is 17.0 Å². The van der Waals surface area contributed by atoms with Gasteiger partial charge in [-0.3, -0.25) is 0 Å². The molecule has 1 aliphatic heterocycles. The summed E-state index contributed by atoms with van der Waals surface area (Å²) in [6.07, 6.45) is 2.55. The maximum absolute atomic E-state index is 9.13. The van der Waals surface area contributed by atoms with Gasteiger partial charge in [0.05, 0.1) is 11.3 Å². The van der Waals surface area contributed by atoms with Crippen LogP contribution in [0.3, 0.4) is 0 Å². The van der Waals surface area contributed by atoms with E-state index in [1.165, 1.54) is 18.6 Å². The zero-order valence-electron chi connectivity index (χ0n) is 9.79. The molecule has 0 spiro atoms. The van der Waals surface area contributed by atoms with Crippen molar-refractivity contribution in [1.82, 2.24) is 0 Å². The van der Waals surface area contributed by atoms with Crippen molar-refractivity contribution < 1.29 is 0 Å². The predicted molar refractivity (Wildman–Crippen MR) is 77.4 cm³/mol. The quantitative estimate of drug-likeness (QED) is 0.916. The van der Waals surface area contributed by atoms with Crippen LogP contribution >= 0.6 is 27.7 Å². The third-order valence-corrected chi connectivity index (χ3v) is 5.28. The molecule has 0 aromatic heterocycles. The molecule has 1 aromatic carbocycles. The first-order valence-corrected chi connectivity index (χ1v) is 7.49. The lowest BCUT2D eigenvalue weighted by Crippen LogP contribution is -2.27. The van der Waals surface area contributed by atoms with Gasteiger partial charge in [-0.1, -0.05) is 6.07 Å². The molecular formula is C13H15BrN2S. The Hall–Kier alpha value is -0.660. The minimum absolute atomic E-state index is 0.315. The number of nitriles is 1. The van der Waals surface area contributed by atoms with E-state index in [9.17, 15) is 0 Å². The number of rotatable bonds is 3. The molecule has 1 aromatic rings. The molecule has 0 bridgehead atoms. The van der Waals surface area contributed by atoms with Gasteiger partial charge in [0.25, 0.3) is 0 Å². The summed E-state index contributed by atoms with van der Waals surface area (Å²) in [5.74, 6) is 1.25. The monoisotopic (exact) mass is 310 g/mol. The molecule has 1 fully saturated rings. The SMILES string of the molecule is CC1(CNc2cccc(Br)c2C#N)CCCS1. The molecule has 0 radical (unpaired) electrons. The van der Waals surface area contributed by atoms with E-state index < -0.39 is 0 Å². The molecule has 0 aliphatic carbocycles. The fraction of sp³-hybridized carbons (Fsp3) is 0.462. The highest BCUT2D eigenvalue weighted by molar-refractivity contribution is 9.10. The second kappa shape index (κ2) is 5.32. The highest BCUT2D eigenvalue weighted by Crippen LogP contribution is 2.38. The fourth-order valence-electron chi connectivity index (χ4n) is 2.04. The van der Waals surface area contributed by atoms with Crippen LogP contribution in [-0.2, 0) is 0 Å². The Morgan fingerprint density at radius 3 is 3.06 bits per heavy atom. The minimum Gasteiger partial charge on any atom is -0.383 e. The summed E-state index contributed by atoms with van der Waals surface area (Å²) in [7, 11) is 0. The van der Waals surface area contributed by atoms with Gasteiger partial charge in [-0.2, -0.15) is 17.0 Å². The molecule has 1 saturated heterocycles. The Kier molecular flexibility index (Phi) is 4.01. The number of hydrogen-bond donors (Lipinski definition) is 1. The van der Waals surface area contributed by atoms with E-state index in [2.05, 4.69) is 34.2 Å². The van der Waals surface area contributed by atoms with Crippen LogP contribution in [0.15, 0.2) is 22.7 Å². The number of anilines is 1.